The van der Waals surface area contributed by atoms with Crippen LogP contribution in [0.4, 0.5) is 0 Å². The normalized spacial score (nSPS) is 14.8. The number of rotatable bonds is 1. The second-order valence-electron chi connectivity index (χ2n) is 4.04. The van der Waals surface area contributed by atoms with Crippen LogP contribution in [0.2, 0.25) is 0 Å². The summed E-state index contributed by atoms with van der Waals surface area (Å²) in [4.78, 5) is 0. The zero-order chi connectivity index (χ0) is 9.26. The van der Waals surface area contributed by atoms with Crippen LogP contribution in [0.15, 0.2) is 18.2 Å². The van der Waals surface area contributed by atoms with Crippen LogP contribution < -0.4 is 0 Å². The maximum absolute atomic E-state index is 4.42. The molecule has 0 saturated heterocycles. The van der Waals surface area contributed by atoms with Crippen LogP contribution in [0.5, 0.6) is 0 Å². The van der Waals surface area contributed by atoms with Gasteiger partial charge < -0.3 is 5.32 Å². The molecule has 0 aliphatic carbocycles. The van der Waals surface area contributed by atoms with Gasteiger partial charge in [-0.2, -0.15) is 0 Å². The van der Waals surface area contributed by atoms with Crippen molar-refractivity contribution in [3.8, 4) is 0 Å². The summed E-state index contributed by atoms with van der Waals surface area (Å²) >= 11 is 0. The van der Waals surface area contributed by atoms with E-state index in [1.165, 1.54) is 16.7 Å². The fourth-order valence-corrected chi connectivity index (χ4v) is 1.80. The van der Waals surface area contributed by atoms with Crippen molar-refractivity contribution in [2.75, 3.05) is 6.54 Å². The van der Waals surface area contributed by atoms with E-state index in [4.69, 9.17) is 0 Å². The van der Waals surface area contributed by atoms with E-state index in [9.17, 15) is 0 Å². The molecular formula is C12H16NY-. The molecule has 0 fully saturated rings. The SMILES string of the molecule is CC(C)c1ccc2c(c1)C[N-]CC2.[Y]. The predicted molar refractivity (Wildman–Crippen MR) is 56.2 cm³/mol. The molecule has 14 heavy (non-hydrogen) atoms. The molecule has 1 aliphatic rings. The maximum atomic E-state index is 4.42. The van der Waals surface area contributed by atoms with Crippen molar-refractivity contribution < 1.29 is 32.7 Å². The molecule has 0 saturated carbocycles. The minimum absolute atomic E-state index is 0. The van der Waals surface area contributed by atoms with Crippen LogP contribution in [0.25, 0.3) is 5.32 Å². The van der Waals surface area contributed by atoms with Gasteiger partial charge in [0, 0.05) is 32.7 Å². The number of nitrogens with zero attached hydrogens (tertiary/aromatic N) is 1. The Morgan fingerprint density at radius 1 is 1.21 bits per heavy atom. The van der Waals surface area contributed by atoms with Crippen molar-refractivity contribution in [3.05, 3.63) is 40.2 Å². The smallest absolute Gasteiger partial charge is 0 e. The number of fused-ring (bicyclic) bond motifs is 1. The zero-order valence-electron chi connectivity index (χ0n) is 8.96. The van der Waals surface area contributed by atoms with E-state index < -0.39 is 0 Å². The number of hydrogen-bond donors (Lipinski definition) is 0. The van der Waals surface area contributed by atoms with Crippen molar-refractivity contribution in [1.29, 1.82) is 0 Å². The molecule has 1 aromatic rings. The second-order valence-corrected chi connectivity index (χ2v) is 4.04. The Morgan fingerprint density at radius 3 is 2.71 bits per heavy atom. The molecule has 0 aromatic heterocycles. The van der Waals surface area contributed by atoms with Crippen molar-refractivity contribution in [3.63, 3.8) is 0 Å². The largest absolute Gasteiger partial charge is 0.658 e. The van der Waals surface area contributed by atoms with Crippen molar-refractivity contribution in [2.24, 2.45) is 0 Å². The van der Waals surface area contributed by atoms with Gasteiger partial charge >= 0.3 is 0 Å². The molecule has 1 radical (unpaired) electrons. The van der Waals surface area contributed by atoms with Crippen LogP contribution in [0.3, 0.4) is 0 Å². The summed E-state index contributed by atoms with van der Waals surface area (Å²) < 4.78 is 0. The first-order chi connectivity index (χ1) is 6.27. The zero-order valence-corrected chi connectivity index (χ0v) is 11.8. The van der Waals surface area contributed by atoms with Crippen molar-refractivity contribution in [1.82, 2.24) is 0 Å². The molecule has 0 amide bonds. The average molecular weight is 263 g/mol. The molecule has 1 heterocycles. The molecule has 0 N–H and O–H groups in total. The Bertz CT molecular complexity index is 307. The first kappa shape index (κ1) is 12.4. The van der Waals surface area contributed by atoms with E-state index in [2.05, 4.69) is 37.4 Å². The predicted octanol–water partition coefficient (Wildman–Crippen LogP) is 3.24. The Kier molecular flexibility index (Phi) is 4.76. The van der Waals surface area contributed by atoms with Gasteiger partial charge in [-0.1, -0.05) is 37.6 Å². The monoisotopic (exact) mass is 263 g/mol. The maximum Gasteiger partial charge on any atom is 0 e. The van der Waals surface area contributed by atoms with Gasteiger partial charge in [-0.15, -0.1) is 13.1 Å². The average Bonchev–Trinajstić information content (AvgIpc) is 2.17. The molecule has 0 unspecified atom stereocenters. The fourth-order valence-electron chi connectivity index (χ4n) is 1.80. The summed E-state index contributed by atoms with van der Waals surface area (Å²) in [6.45, 7) is 6.41. The Hall–Kier alpha value is 0.284. The van der Waals surface area contributed by atoms with Gasteiger partial charge in [-0.05, 0) is 23.5 Å². The Morgan fingerprint density at radius 2 is 2.00 bits per heavy atom. The molecule has 73 valence electrons. The minimum Gasteiger partial charge on any atom is -0.658 e. The summed E-state index contributed by atoms with van der Waals surface area (Å²) in [5.41, 5.74) is 4.38. The van der Waals surface area contributed by atoms with Crippen LogP contribution in [0, 0.1) is 0 Å². The summed E-state index contributed by atoms with van der Waals surface area (Å²) in [5.74, 6) is 0.632. The first-order valence-corrected chi connectivity index (χ1v) is 5.02. The van der Waals surface area contributed by atoms with Crippen LogP contribution in [-0.4, -0.2) is 6.54 Å². The quantitative estimate of drug-likeness (QED) is 0.738. The van der Waals surface area contributed by atoms with Gasteiger partial charge in [0.1, 0.15) is 0 Å². The third-order valence-electron chi connectivity index (χ3n) is 2.72. The molecule has 0 bridgehead atoms. The van der Waals surface area contributed by atoms with Crippen LogP contribution in [0.1, 0.15) is 36.5 Å². The molecule has 2 heteroatoms. The Balaban J connectivity index is 0.000000980. The van der Waals surface area contributed by atoms with Crippen LogP contribution in [-0.2, 0) is 45.7 Å². The third kappa shape index (κ3) is 2.65. The first-order valence-electron chi connectivity index (χ1n) is 5.02. The number of benzene rings is 1. The molecule has 1 nitrogen and oxygen atoms in total. The van der Waals surface area contributed by atoms with Gasteiger partial charge in [0.15, 0.2) is 0 Å². The van der Waals surface area contributed by atoms with Crippen molar-refractivity contribution >= 4 is 0 Å². The van der Waals surface area contributed by atoms with E-state index in [0.29, 0.717) is 5.92 Å². The summed E-state index contributed by atoms with van der Waals surface area (Å²) in [5, 5.41) is 4.42. The van der Waals surface area contributed by atoms with Gasteiger partial charge in [0.2, 0.25) is 0 Å². The van der Waals surface area contributed by atoms with E-state index in [0.717, 1.165) is 19.5 Å². The molecule has 0 atom stereocenters. The van der Waals surface area contributed by atoms with E-state index in [1.54, 1.807) is 0 Å². The summed E-state index contributed by atoms with van der Waals surface area (Å²) in [6.07, 6.45) is 1.13. The molecule has 1 aliphatic heterocycles. The van der Waals surface area contributed by atoms with E-state index in [-0.39, 0.29) is 32.7 Å². The van der Waals surface area contributed by atoms with E-state index >= 15 is 0 Å². The second kappa shape index (κ2) is 5.39. The van der Waals surface area contributed by atoms with Crippen molar-refractivity contribution in [2.45, 2.75) is 32.7 Å². The van der Waals surface area contributed by atoms with Gasteiger partial charge in [0.05, 0.1) is 0 Å². The topological polar surface area (TPSA) is 14.1 Å². The van der Waals surface area contributed by atoms with E-state index in [1.807, 2.05) is 0 Å². The minimum atomic E-state index is 0. The molecule has 0 spiro atoms. The number of hydrogen-bond acceptors (Lipinski definition) is 0. The van der Waals surface area contributed by atoms with Gasteiger partial charge in [-0.3, -0.25) is 0 Å². The fraction of sp³-hybridized carbons (Fsp3) is 0.500. The van der Waals surface area contributed by atoms with Gasteiger partial charge in [-0.25, -0.2) is 0 Å². The van der Waals surface area contributed by atoms with Crippen LogP contribution >= 0.6 is 0 Å². The third-order valence-corrected chi connectivity index (χ3v) is 2.72. The standard InChI is InChI=1S/C12H16N.Y/c1-9(2)11-4-3-10-5-6-13-8-12(10)7-11;/h3-4,7,9H,5-6,8H2,1-2H3;/q-1;. The molecule has 1 aromatic carbocycles. The summed E-state index contributed by atoms with van der Waals surface area (Å²) in [6, 6.07) is 6.86. The molecule has 2 rings (SSSR count). The summed E-state index contributed by atoms with van der Waals surface area (Å²) in [7, 11) is 0. The Labute approximate surface area is 112 Å². The molecular weight excluding hydrogens is 247 g/mol. The van der Waals surface area contributed by atoms with Gasteiger partial charge in [0.25, 0.3) is 0 Å².